The van der Waals surface area contributed by atoms with Crippen LogP contribution in [0.3, 0.4) is 0 Å². The predicted octanol–water partition coefficient (Wildman–Crippen LogP) is 1.30. The molecule has 2 aromatic carbocycles. The van der Waals surface area contributed by atoms with Crippen LogP contribution < -0.4 is 0 Å². The maximum atomic E-state index is 12.2. The number of carbonyl (C=O) groups excluding carboxylic acids is 3. The maximum absolute atomic E-state index is 12.2. The molecule has 0 bridgehead atoms. The Kier molecular flexibility index (Phi) is 5.67. The van der Waals surface area contributed by atoms with Gasteiger partial charge in [-0.2, -0.15) is 0 Å². The van der Waals surface area contributed by atoms with E-state index in [4.69, 9.17) is 9.47 Å². The van der Waals surface area contributed by atoms with E-state index >= 15 is 0 Å². The third-order valence-corrected chi connectivity index (χ3v) is 4.35. The second kappa shape index (κ2) is 8.16. The van der Waals surface area contributed by atoms with E-state index in [1.54, 1.807) is 36.4 Å². The highest BCUT2D eigenvalue weighted by atomic mass is 16.6. The minimum atomic E-state index is -2.43. The van der Waals surface area contributed by atoms with Crippen LogP contribution in [0.5, 0.6) is 0 Å². The molecule has 0 saturated heterocycles. The van der Waals surface area contributed by atoms with E-state index in [0.717, 1.165) is 6.08 Å². The first-order valence-electron chi connectivity index (χ1n) is 8.53. The van der Waals surface area contributed by atoms with Crippen molar-refractivity contribution in [1.29, 1.82) is 0 Å². The molecule has 2 N–H and O–H groups in total. The molecule has 0 radical (unpaired) electrons. The molecule has 0 unspecified atom stereocenters. The van der Waals surface area contributed by atoms with E-state index in [1.165, 1.54) is 30.3 Å². The van der Waals surface area contributed by atoms with Crippen LogP contribution in [0.4, 0.5) is 0 Å². The van der Waals surface area contributed by atoms with Crippen LogP contribution in [0, 0.1) is 0 Å². The number of benzene rings is 2. The van der Waals surface area contributed by atoms with Gasteiger partial charge >= 0.3 is 11.9 Å². The van der Waals surface area contributed by atoms with Crippen molar-refractivity contribution in [2.45, 2.75) is 17.8 Å². The van der Waals surface area contributed by atoms with E-state index in [9.17, 15) is 24.6 Å². The third kappa shape index (κ3) is 4.00. The summed E-state index contributed by atoms with van der Waals surface area (Å²) in [5.41, 5.74) is -1.95. The van der Waals surface area contributed by atoms with Crippen LogP contribution in [0.1, 0.15) is 20.7 Å². The number of hydrogen-bond acceptors (Lipinski definition) is 7. The first-order chi connectivity index (χ1) is 13.4. The van der Waals surface area contributed by atoms with Gasteiger partial charge in [-0.25, -0.2) is 9.59 Å². The highest BCUT2D eigenvalue weighted by Gasteiger charge is 2.50. The molecule has 0 fully saturated rings. The van der Waals surface area contributed by atoms with E-state index in [2.05, 4.69) is 0 Å². The Morgan fingerprint density at radius 3 is 2.04 bits per heavy atom. The van der Waals surface area contributed by atoms with Gasteiger partial charge in [0, 0.05) is 0 Å². The van der Waals surface area contributed by atoms with Gasteiger partial charge in [-0.15, -0.1) is 0 Å². The predicted molar refractivity (Wildman–Crippen MR) is 97.5 cm³/mol. The van der Waals surface area contributed by atoms with Gasteiger partial charge < -0.3 is 19.7 Å². The van der Waals surface area contributed by atoms with Gasteiger partial charge in [-0.05, 0) is 36.4 Å². The minimum Gasteiger partial charge on any atom is -0.458 e. The molecule has 0 aromatic heterocycles. The number of carbonyl (C=O) groups is 3. The third-order valence-electron chi connectivity index (χ3n) is 4.35. The van der Waals surface area contributed by atoms with Gasteiger partial charge in [0.05, 0.1) is 11.1 Å². The summed E-state index contributed by atoms with van der Waals surface area (Å²) in [5.74, 6) is -2.35. The van der Waals surface area contributed by atoms with Crippen molar-refractivity contribution in [3.8, 4) is 0 Å². The smallest absolute Gasteiger partial charge is 0.338 e. The van der Waals surface area contributed by atoms with E-state index in [1.807, 2.05) is 0 Å². The molecule has 0 spiro atoms. The Labute approximate surface area is 160 Å². The van der Waals surface area contributed by atoms with Crippen molar-refractivity contribution < 1.29 is 34.1 Å². The molecule has 1 aliphatic rings. The Morgan fingerprint density at radius 1 is 0.929 bits per heavy atom. The van der Waals surface area contributed by atoms with Crippen molar-refractivity contribution >= 4 is 17.7 Å². The normalized spacial score (nSPS) is 23.9. The molecule has 3 rings (SSSR count). The summed E-state index contributed by atoms with van der Waals surface area (Å²) in [6.07, 6.45) is -0.917. The summed E-state index contributed by atoms with van der Waals surface area (Å²) >= 11 is 0. The fraction of sp³-hybridized carbons (Fsp3) is 0.190. The summed E-state index contributed by atoms with van der Waals surface area (Å²) < 4.78 is 10.2. The van der Waals surface area contributed by atoms with Crippen molar-refractivity contribution in [3.63, 3.8) is 0 Å². The van der Waals surface area contributed by atoms with E-state index in [-0.39, 0.29) is 11.1 Å². The Morgan fingerprint density at radius 2 is 1.46 bits per heavy atom. The molecule has 7 nitrogen and oxygen atoms in total. The highest BCUT2D eigenvalue weighted by molar-refractivity contribution is 5.99. The monoisotopic (exact) mass is 382 g/mol. The Balaban J connectivity index is 1.70. The van der Waals surface area contributed by atoms with Crippen LogP contribution in [0.25, 0.3) is 0 Å². The average molecular weight is 382 g/mol. The standard InChI is InChI=1S/C21H18O7/c22-17-12-11-16(28-20(25)15-9-5-2-6-10-15)18(23)21(17,26)13-27-19(24)14-7-3-1-4-8-14/h1-12,16,18,23,26H,13H2/t16-,18-,21-/m0/s1. The maximum Gasteiger partial charge on any atom is 0.338 e. The molecule has 28 heavy (non-hydrogen) atoms. The number of hydrogen-bond donors (Lipinski definition) is 2. The second-order valence-corrected chi connectivity index (χ2v) is 6.27. The number of aliphatic hydroxyl groups excluding tert-OH is 1. The quantitative estimate of drug-likeness (QED) is 0.750. The zero-order valence-electron chi connectivity index (χ0n) is 14.7. The molecule has 2 aromatic rings. The van der Waals surface area contributed by atoms with Gasteiger partial charge in [0.25, 0.3) is 0 Å². The molecule has 0 saturated carbocycles. The van der Waals surface area contributed by atoms with Gasteiger partial charge in [0.2, 0.25) is 0 Å². The lowest BCUT2D eigenvalue weighted by molar-refractivity contribution is -0.166. The van der Waals surface area contributed by atoms with Gasteiger partial charge in [-0.3, -0.25) is 4.79 Å². The lowest BCUT2D eigenvalue weighted by Crippen LogP contribution is -2.60. The van der Waals surface area contributed by atoms with Crippen LogP contribution >= 0.6 is 0 Å². The van der Waals surface area contributed by atoms with Crippen molar-refractivity contribution in [3.05, 3.63) is 83.9 Å². The molecular weight excluding hydrogens is 364 g/mol. The van der Waals surface area contributed by atoms with Crippen molar-refractivity contribution in [2.75, 3.05) is 6.61 Å². The molecule has 0 amide bonds. The summed E-state index contributed by atoms with van der Waals surface area (Å²) in [6, 6.07) is 16.1. The zero-order valence-corrected chi connectivity index (χ0v) is 14.7. The first-order valence-corrected chi connectivity index (χ1v) is 8.53. The van der Waals surface area contributed by atoms with Crippen LogP contribution in [0.2, 0.25) is 0 Å². The van der Waals surface area contributed by atoms with E-state index < -0.39 is 42.1 Å². The van der Waals surface area contributed by atoms with Crippen molar-refractivity contribution in [1.82, 2.24) is 0 Å². The first kappa shape index (κ1) is 19.5. The lowest BCUT2D eigenvalue weighted by Gasteiger charge is -2.36. The molecule has 0 aliphatic heterocycles. The average Bonchev–Trinajstić information content (AvgIpc) is 2.74. The molecular formula is C21H18O7. The molecule has 3 atom stereocenters. The summed E-state index contributed by atoms with van der Waals surface area (Å²) in [6.45, 7) is -0.787. The number of esters is 2. The Bertz CT molecular complexity index is 891. The number of aliphatic hydroxyl groups is 2. The van der Waals surface area contributed by atoms with Gasteiger partial charge in [-0.1, -0.05) is 36.4 Å². The van der Waals surface area contributed by atoms with Crippen LogP contribution in [-0.4, -0.2) is 52.4 Å². The van der Waals surface area contributed by atoms with E-state index in [0.29, 0.717) is 0 Å². The number of ether oxygens (including phenoxy) is 2. The minimum absolute atomic E-state index is 0.228. The van der Waals surface area contributed by atoms with Crippen molar-refractivity contribution in [2.24, 2.45) is 0 Å². The molecule has 1 aliphatic carbocycles. The second-order valence-electron chi connectivity index (χ2n) is 6.27. The molecule has 144 valence electrons. The largest absolute Gasteiger partial charge is 0.458 e. The highest BCUT2D eigenvalue weighted by Crippen LogP contribution is 2.25. The fourth-order valence-corrected chi connectivity index (χ4v) is 2.71. The van der Waals surface area contributed by atoms with Crippen LogP contribution in [0.15, 0.2) is 72.8 Å². The van der Waals surface area contributed by atoms with Gasteiger partial charge in [0.1, 0.15) is 18.8 Å². The SMILES string of the molecule is O=C(OC[C@]1(O)C(=O)C=C[C@H](OC(=O)c2ccccc2)[C@@H]1O)c1ccccc1. The number of ketones is 1. The van der Waals surface area contributed by atoms with Gasteiger partial charge in [0.15, 0.2) is 11.4 Å². The Hall–Kier alpha value is -3.29. The summed E-state index contributed by atoms with van der Waals surface area (Å²) in [7, 11) is 0. The fourth-order valence-electron chi connectivity index (χ4n) is 2.71. The van der Waals surface area contributed by atoms with Crippen LogP contribution in [-0.2, 0) is 14.3 Å². The lowest BCUT2D eigenvalue weighted by atomic mass is 9.84. The number of rotatable bonds is 5. The molecule has 7 heteroatoms. The summed E-state index contributed by atoms with van der Waals surface area (Å²) in [4.78, 5) is 36.4. The topological polar surface area (TPSA) is 110 Å². The zero-order chi connectivity index (χ0) is 20.1. The molecule has 0 heterocycles. The summed E-state index contributed by atoms with van der Waals surface area (Å²) in [5, 5.41) is 21.1.